The van der Waals surface area contributed by atoms with Crippen molar-refractivity contribution in [2.75, 3.05) is 11.9 Å². The monoisotopic (exact) mass is 476 g/mol. The molecule has 0 saturated heterocycles. The minimum Gasteiger partial charge on any atom is -0.343 e. The number of carbonyl (C=O) groups is 2. The van der Waals surface area contributed by atoms with Gasteiger partial charge in [-0.25, -0.2) is 0 Å². The highest BCUT2D eigenvalue weighted by Gasteiger charge is 2.15. The van der Waals surface area contributed by atoms with Gasteiger partial charge in [0.1, 0.15) is 0 Å². The molecule has 3 rings (SSSR count). The fourth-order valence-electron chi connectivity index (χ4n) is 2.46. The predicted molar refractivity (Wildman–Crippen MR) is 109 cm³/mol. The number of non-ortho nitro benzene ring substituents is 1. The number of nitrogens with zero attached hydrogens (tertiary/aromatic N) is 2. The molecule has 0 unspecified atom stereocenters. The minimum absolute atomic E-state index is 0.0999. The second-order valence-electron chi connectivity index (χ2n) is 5.53. The summed E-state index contributed by atoms with van der Waals surface area (Å²) in [6.07, 6.45) is 1.64. The molecular formula is C18H13IN4O4. The molecule has 0 saturated carbocycles. The molecule has 0 aliphatic carbocycles. The molecule has 0 radical (unpaired) electrons. The molecule has 2 amide bonds. The van der Waals surface area contributed by atoms with Crippen LogP contribution in [0.2, 0.25) is 0 Å². The molecule has 0 aliphatic rings. The molecule has 136 valence electrons. The summed E-state index contributed by atoms with van der Waals surface area (Å²) in [5.41, 5.74) is 1.37. The average Bonchev–Trinajstić information content (AvgIpc) is 2.66. The van der Waals surface area contributed by atoms with Crippen molar-refractivity contribution in [2.24, 2.45) is 0 Å². The third-order valence-corrected chi connectivity index (χ3v) is 4.62. The first-order chi connectivity index (χ1) is 13.0. The van der Waals surface area contributed by atoms with Gasteiger partial charge in [-0.3, -0.25) is 24.7 Å². The number of hydrogen-bond donors (Lipinski definition) is 2. The fraction of sp³-hybridized carbons (Fsp3) is 0.0556. The summed E-state index contributed by atoms with van der Waals surface area (Å²) in [4.78, 5) is 38.9. The van der Waals surface area contributed by atoms with E-state index in [1.54, 1.807) is 24.4 Å². The number of benzene rings is 2. The molecule has 2 aromatic carbocycles. The number of pyridine rings is 1. The van der Waals surface area contributed by atoms with E-state index in [9.17, 15) is 19.7 Å². The van der Waals surface area contributed by atoms with Crippen LogP contribution in [0.1, 0.15) is 10.4 Å². The van der Waals surface area contributed by atoms with Crippen molar-refractivity contribution in [1.29, 1.82) is 0 Å². The number of amides is 2. The van der Waals surface area contributed by atoms with Crippen molar-refractivity contribution in [3.05, 3.63) is 74.0 Å². The highest BCUT2D eigenvalue weighted by atomic mass is 127. The topological polar surface area (TPSA) is 114 Å². The Morgan fingerprint density at radius 3 is 2.67 bits per heavy atom. The van der Waals surface area contributed by atoms with Crippen LogP contribution >= 0.6 is 22.6 Å². The molecular weight excluding hydrogens is 463 g/mol. The van der Waals surface area contributed by atoms with Gasteiger partial charge >= 0.3 is 0 Å². The SMILES string of the molecule is O=C(CNC(=O)c1ccc([N+](=O)[O-])cc1I)Nc1cccc2cccnc12. The van der Waals surface area contributed by atoms with Gasteiger partial charge in [-0.05, 0) is 40.8 Å². The second kappa shape index (κ2) is 8.08. The molecule has 8 nitrogen and oxygen atoms in total. The molecule has 3 aromatic rings. The lowest BCUT2D eigenvalue weighted by Gasteiger charge is -2.09. The van der Waals surface area contributed by atoms with Crippen LogP contribution in [0, 0.1) is 13.7 Å². The average molecular weight is 476 g/mol. The van der Waals surface area contributed by atoms with E-state index in [0.717, 1.165) is 5.39 Å². The first kappa shape index (κ1) is 18.7. The summed E-state index contributed by atoms with van der Waals surface area (Å²) in [6.45, 7) is -0.241. The van der Waals surface area contributed by atoms with Gasteiger partial charge in [0, 0.05) is 27.3 Å². The summed E-state index contributed by atoms with van der Waals surface area (Å²) >= 11 is 1.85. The van der Waals surface area contributed by atoms with Crippen molar-refractivity contribution in [2.45, 2.75) is 0 Å². The van der Waals surface area contributed by atoms with Crippen LogP contribution in [0.15, 0.2) is 54.7 Å². The number of anilines is 1. The van der Waals surface area contributed by atoms with Crippen molar-refractivity contribution in [1.82, 2.24) is 10.3 Å². The van der Waals surface area contributed by atoms with E-state index in [0.29, 0.717) is 14.8 Å². The largest absolute Gasteiger partial charge is 0.343 e. The summed E-state index contributed by atoms with van der Waals surface area (Å²) in [7, 11) is 0. The molecule has 0 fully saturated rings. The molecule has 0 atom stereocenters. The lowest BCUT2D eigenvalue weighted by molar-refractivity contribution is -0.384. The maximum absolute atomic E-state index is 12.2. The number of carbonyl (C=O) groups excluding carboxylic acids is 2. The molecule has 1 heterocycles. The Hall–Kier alpha value is -3.08. The van der Waals surface area contributed by atoms with E-state index < -0.39 is 16.7 Å². The maximum Gasteiger partial charge on any atom is 0.270 e. The van der Waals surface area contributed by atoms with Crippen molar-refractivity contribution in [3.63, 3.8) is 0 Å². The highest BCUT2D eigenvalue weighted by Crippen LogP contribution is 2.21. The third kappa shape index (κ3) is 4.37. The van der Waals surface area contributed by atoms with Crippen molar-refractivity contribution >= 4 is 56.7 Å². The van der Waals surface area contributed by atoms with Gasteiger partial charge in [-0.15, -0.1) is 0 Å². The normalized spacial score (nSPS) is 10.4. The van der Waals surface area contributed by atoms with Crippen LogP contribution in [0.3, 0.4) is 0 Å². The van der Waals surface area contributed by atoms with Crippen LogP contribution in [0.5, 0.6) is 0 Å². The Kier molecular flexibility index (Phi) is 5.60. The van der Waals surface area contributed by atoms with Gasteiger partial charge < -0.3 is 10.6 Å². The van der Waals surface area contributed by atoms with Crippen LogP contribution in [-0.2, 0) is 4.79 Å². The smallest absolute Gasteiger partial charge is 0.270 e. The fourth-order valence-corrected chi connectivity index (χ4v) is 3.20. The Balaban J connectivity index is 1.65. The Morgan fingerprint density at radius 1 is 1.15 bits per heavy atom. The van der Waals surface area contributed by atoms with Gasteiger partial charge in [-0.1, -0.05) is 18.2 Å². The first-order valence-corrected chi connectivity index (χ1v) is 8.89. The molecule has 2 N–H and O–H groups in total. The van der Waals surface area contributed by atoms with Crippen LogP contribution in [-0.4, -0.2) is 28.3 Å². The van der Waals surface area contributed by atoms with Gasteiger partial charge in [0.25, 0.3) is 11.6 Å². The number of hydrogen-bond acceptors (Lipinski definition) is 5. The number of para-hydroxylation sites is 1. The van der Waals surface area contributed by atoms with Gasteiger partial charge in [0.05, 0.1) is 28.2 Å². The van der Waals surface area contributed by atoms with E-state index in [1.807, 2.05) is 34.7 Å². The van der Waals surface area contributed by atoms with E-state index >= 15 is 0 Å². The number of nitro benzene ring substituents is 1. The van der Waals surface area contributed by atoms with Crippen LogP contribution < -0.4 is 10.6 Å². The molecule has 1 aromatic heterocycles. The molecule has 0 bridgehead atoms. The summed E-state index contributed by atoms with van der Waals surface area (Å²) in [5, 5.41) is 16.9. The lowest BCUT2D eigenvalue weighted by Crippen LogP contribution is -2.33. The van der Waals surface area contributed by atoms with E-state index in [4.69, 9.17) is 0 Å². The minimum atomic E-state index is -0.532. The zero-order valence-corrected chi connectivity index (χ0v) is 16.0. The number of halogens is 1. The summed E-state index contributed by atoms with van der Waals surface area (Å²) in [6, 6.07) is 13.0. The predicted octanol–water partition coefficient (Wildman–Crippen LogP) is 3.12. The lowest BCUT2D eigenvalue weighted by atomic mass is 10.2. The van der Waals surface area contributed by atoms with E-state index in [-0.39, 0.29) is 17.8 Å². The standard InChI is InChI=1S/C18H13IN4O4/c19-14-9-12(23(26)27)6-7-13(14)18(25)21-10-16(24)22-15-5-1-3-11-4-2-8-20-17(11)15/h1-9H,10H2,(H,21,25)(H,22,24). The van der Waals surface area contributed by atoms with Crippen LogP contribution in [0.25, 0.3) is 10.9 Å². The summed E-state index contributed by atoms with van der Waals surface area (Å²) < 4.78 is 0.429. The van der Waals surface area contributed by atoms with Gasteiger partial charge in [0.2, 0.25) is 5.91 Å². The third-order valence-electron chi connectivity index (χ3n) is 3.72. The number of aromatic nitrogens is 1. The number of fused-ring (bicyclic) bond motifs is 1. The van der Waals surface area contributed by atoms with Crippen LogP contribution in [0.4, 0.5) is 11.4 Å². The zero-order chi connectivity index (χ0) is 19.4. The van der Waals surface area contributed by atoms with E-state index in [1.165, 1.54) is 18.2 Å². The number of rotatable bonds is 5. The molecule has 9 heteroatoms. The first-order valence-electron chi connectivity index (χ1n) is 7.81. The molecule has 27 heavy (non-hydrogen) atoms. The van der Waals surface area contributed by atoms with Crippen molar-refractivity contribution < 1.29 is 14.5 Å². The number of nitro groups is 1. The zero-order valence-electron chi connectivity index (χ0n) is 13.8. The molecule has 0 spiro atoms. The van der Waals surface area contributed by atoms with Gasteiger partial charge in [-0.2, -0.15) is 0 Å². The quantitative estimate of drug-likeness (QED) is 0.334. The number of nitrogens with one attached hydrogen (secondary N) is 2. The Morgan fingerprint density at radius 2 is 1.93 bits per heavy atom. The molecule has 0 aliphatic heterocycles. The highest BCUT2D eigenvalue weighted by molar-refractivity contribution is 14.1. The van der Waals surface area contributed by atoms with Gasteiger partial charge in [0.15, 0.2) is 0 Å². The summed E-state index contributed by atoms with van der Waals surface area (Å²) in [5.74, 6) is -0.890. The Labute approximate surface area is 167 Å². The maximum atomic E-state index is 12.2. The second-order valence-corrected chi connectivity index (χ2v) is 6.69. The van der Waals surface area contributed by atoms with Crippen molar-refractivity contribution in [3.8, 4) is 0 Å². The Bertz CT molecular complexity index is 1050. The van der Waals surface area contributed by atoms with E-state index in [2.05, 4.69) is 15.6 Å².